The van der Waals surface area contributed by atoms with Crippen molar-refractivity contribution in [3.63, 3.8) is 0 Å². The normalized spacial score (nSPS) is 11.2. The predicted octanol–water partition coefficient (Wildman–Crippen LogP) is 6.22. The molecule has 0 saturated heterocycles. The lowest BCUT2D eigenvalue weighted by molar-refractivity contribution is 0.0696. The van der Waals surface area contributed by atoms with Crippen LogP contribution >= 0.6 is 0 Å². The summed E-state index contributed by atoms with van der Waals surface area (Å²) < 4.78 is 13.2. The van der Waals surface area contributed by atoms with Gasteiger partial charge in [-0.25, -0.2) is 9.18 Å². The van der Waals surface area contributed by atoms with Crippen molar-refractivity contribution in [2.75, 3.05) is 0 Å². The standard InChI is InChI=1S/C25H17FO3/c26-21-11-8-17(9-12-21)19-10-13-22(25(28)29)20(15-19)7-5-16-4-6-18-2-1-3-24(27)23(18)14-16/h1-15,27H,(H,28,29). The topological polar surface area (TPSA) is 57.5 Å². The zero-order chi connectivity index (χ0) is 20.4. The van der Waals surface area contributed by atoms with Crippen molar-refractivity contribution in [2.24, 2.45) is 0 Å². The van der Waals surface area contributed by atoms with E-state index in [1.807, 2.05) is 30.3 Å². The third kappa shape index (κ3) is 3.87. The van der Waals surface area contributed by atoms with E-state index in [0.717, 1.165) is 27.5 Å². The smallest absolute Gasteiger partial charge is 0.336 e. The number of aromatic carboxylic acids is 1. The number of aromatic hydroxyl groups is 1. The highest BCUT2D eigenvalue weighted by atomic mass is 19.1. The van der Waals surface area contributed by atoms with Crippen LogP contribution in [0.25, 0.3) is 34.1 Å². The van der Waals surface area contributed by atoms with Gasteiger partial charge in [-0.1, -0.05) is 54.6 Å². The lowest BCUT2D eigenvalue weighted by Gasteiger charge is -2.07. The molecule has 0 saturated carbocycles. The van der Waals surface area contributed by atoms with Gasteiger partial charge < -0.3 is 10.2 Å². The second-order valence-corrected chi connectivity index (χ2v) is 6.71. The molecule has 2 N–H and O–H groups in total. The highest BCUT2D eigenvalue weighted by molar-refractivity contribution is 5.95. The molecule has 0 heterocycles. The summed E-state index contributed by atoms with van der Waals surface area (Å²) in [5.74, 6) is -1.15. The molecule has 0 fully saturated rings. The third-order valence-electron chi connectivity index (χ3n) is 4.80. The molecule has 0 aliphatic rings. The summed E-state index contributed by atoms with van der Waals surface area (Å²) in [4.78, 5) is 11.6. The SMILES string of the molecule is O=C(O)c1ccc(-c2ccc(F)cc2)cc1C=Cc1ccc2cccc(O)c2c1. The first-order chi connectivity index (χ1) is 14.0. The Morgan fingerprint density at radius 1 is 0.828 bits per heavy atom. The van der Waals surface area contributed by atoms with Gasteiger partial charge in [-0.3, -0.25) is 0 Å². The highest BCUT2D eigenvalue weighted by Gasteiger charge is 2.10. The largest absolute Gasteiger partial charge is 0.507 e. The molecule has 3 nitrogen and oxygen atoms in total. The van der Waals surface area contributed by atoms with Gasteiger partial charge in [0.15, 0.2) is 0 Å². The van der Waals surface area contributed by atoms with Crippen molar-refractivity contribution >= 4 is 28.9 Å². The quantitative estimate of drug-likeness (QED) is 0.411. The molecule has 142 valence electrons. The fraction of sp³-hybridized carbons (Fsp3) is 0. The molecule has 29 heavy (non-hydrogen) atoms. The van der Waals surface area contributed by atoms with Crippen LogP contribution in [-0.4, -0.2) is 16.2 Å². The Morgan fingerprint density at radius 3 is 2.34 bits per heavy atom. The van der Waals surface area contributed by atoms with Crippen LogP contribution in [0.3, 0.4) is 0 Å². The van der Waals surface area contributed by atoms with E-state index in [1.165, 1.54) is 12.1 Å². The Labute approximate surface area is 167 Å². The molecular formula is C25H17FO3. The van der Waals surface area contributed by atoms with Gasteiger partial charge >= 0.3 is 5.97 Å². The Kier molecular flexibility index (Phi) is 4.83. The first-order valence-electron chi connectivity index (χ1n) is 9.04. The highest BCUT2D eigenvalue weighted by Crippen LogP contribution is 2.27. The van der Waals surface area contributed by atoms with Gasteiger partial charge in [0.25, 0.3) is 0 Å². The fourth-order valence-corrected chi connectivity index (χ4v) is 3.28. The zero-order valence-corrected chi connectivity index (χ0v) is 15.3. The van der Waals surface area contributed by atoms with E-state index in [4.69, 9.17) is 0 Å². The summed E-state index contributed by atoms with van der Waals surface area (Å²) in [6.45, 7) is 0. The van der Waals surface area contributed by atoms with Crippen molar-refractivity contribution in [1.29, 1.82) is 0 Å². The van der Waals surface area contributed by atoms with Gasteiger partial charge in [-0.15, -0.1) is 0 Å². The molecule has 0 radical (unpaired) electrons. The van der Waals surface area contributed by atoms with E-state index in [0.29, 0.717) is 5.56 Å². The molecule has 0 aliphatic carbocycles. The Balaban J connectivity index is 1.74. The van der Waals surface area contributed by atoms with E-state index < -0.39 is 5.97 Å². The van der Waals surface area contributed by atoms with E-state index >= 15 is 0 Å². The van der Waals surface area contributed by atoms with Gasteiger partial charge in [0.1, 0.15) is 11.6 Å². The third-order valence-corrected chi connectivity index (χ3v) is 4.80. The van der Waals surface area contributed by atoms with E-state index in [-0.39, 0.29) is 17.1 Å². The molecule has 4 aromatic carbocycles. The number of carboxylic acid groups (broad SMARTS) is 1. The number of phenolic OH excluding ortho intramolecular Hbond substituents is 1. The number of halogens is 1. The number of benzene rings is 4. The molecule has 0 amide bonds. The van der Waals surface area contributed by atoms with Crippen LogP contribution in [-0.2, 0) is 0 Å². The minimum Gasteiger partial charge on any atom is -0.507 e. The van der Waals surface area contributed by atoms with Crippen molar-refractivity contribution < 1.29 is 19.4 Å². The zero-order valence-electron chi connectivity index (χ0n) is 15.3. The molecule has 0 bridgehead atoms. The maximum atomic E-state index is 13.2. The first-order valence-corrected chi connectivity index (χ1v) is 9.04. The summed E-state index contributed by atoms with van der Waals surface area (Å²) in [6, 6.07) is 22.1. The molecule has 0 unspecified atom stereocenters. The maximum Gasteiger partial charge on any atom is 0.336 e. The van der Waals surface area contributed by atoms with Crippen LogP contribution in [0.5, 0.6) is 5.75 Å². The molecule has 4 heteroatoms. The molecule has 0 atom stereocenters. The summed E-state index contributed by atoms with van der Waals surface area (Å²) in [5, 5.41) is 21.2. The summed E-state index contributed by atoms with van der Waals surface area (Å²) in [6.07, 6.45) is 3.54. The molecule has 0 aliphatic heterocycles. The van der Waals surface area contributed by atoms with Gasteiger partial charge in [0, 0.05) is 5.39 Å². The van der Waals surface area contributed by atoms with Gasteiger partial charge in [-0.2, -0.15) is 0 Å². The van der Waals surface area contributed by atoms with Gasteiger partial charge in [-0.05, 0) is 64.0 Å². The van der Waals surface area contributed by atoms with Crippen molar-refractivity contribution in [1.82, 2.24) is 0 Å². The number of rotatable bonds is 4. The van der Waals surface area contributed by atoms with E-state index in [9.17, 15) is 19.4 Å². The second-order valence-electron chi connectivity index (χ2n) is 6.71. The molecular weight excluding hydrogens is 367 g/mol. The second kappa shape index (κ2) is 7.60. The van der Waals surface area contributed by atoms with Gasteiger partial charge in [0.2, 0.25) is 0 Å². The van der Waals surface area contributed by atoms with Crippen LogP contribution in [0.2, 0.25) is 0 Å². The fourth-order valence-electron chi connectivity index (χ4n) is 3.28. The summed E-state index contributed by atoms with van der Waals surface area (Å²) in [7, 11) is 0. The molecule has 4 rings (SSSR count). The monoisotopic (exact) mass is 384 g/mol. The number of phenols is 1. The average Bonchev–Trinajstić information content (AvgIpc) is 2.73. The molecule has 4 aromatic rings. The summed E-state index contributed by atoms with van der Waals surface area (Å²) >= 11 is 0. The van der Waals surface area contributed by atoms with Crippen molar-refractivity contribution in [3.8, 4) is 16.9 Å². The van der Waals surface area contributed by atoms with Crippen LogP contribution in [0.1, 0.15) is 21.5 Å². The van der Waals surface area contributed by atoms with Crippen LogP contribution < -0.4 is 0 Å². The van der Waals surface area contributed by atoms with Crippen molar-refractivity contribution in [2.45, 2.75) is 0 Å². The first kappa shape index (κ1) is 18.4. The number of carboxylic acids is 1. The Hall–Kier alpha value is -3.92. The van der Waals surface area contributed by atoms with Crippen molar-refractivity contribution in [3.05, 3.63) is 101 Å². The van der Waals surface area contributed by atoms with E-state index in [2.05, 4.69) is 0 Å². The Morgan fingerprint density at radius 2 is 1.59 bits per heavy atom. The number of fused-ring (bicyclic) bond motifs is 1. The maximum absolute atomic E-state index is 13.2. The van der Waals surface area contributed by atoms with Crippen LogP contribution in [0, 0.1) is 5.82 Å². The average molecular weight is 384 g/mol. The van der Waals surface area contributed by atoms with Crippen LogP contribution in [0.15, 0.2) is 78.9 Å². The van der Waals surface area contributed by atoms with Gasteiger partial charge in [0.05, 0.1) is 5.56 Å². The Bertz CT molecular complexity index is 1240. The predicted molar refractivity (Wildman–Crippen MR) is 113 cm³/mol. The lowest BCUT2D eigenvalue weighted by Crippen LogP contribution is -1.99. The number of hydrogen-bond donors (Lipinski definition) is 2. The number of carbonyl (C=O) groups is 1. The molecule has 0 aromatic heterocycles. The number of hydrogen-bond acceptors (Lipinski definition) is 2. The minimum atomic E-state index is -1.02. The van der Waals surface area contributed by atoms with Crippen LogP contribution in [0.4, 0.5) is 4.39 Å². The van der Waals surface area contributed by atoms with E-state index in [1.54, 1.807) is 48.5 Å². The molecule has 0 spiro atoms. The summed E-state index contributed by atoms with van der Waals surface area (Å²) in [5.41, 5.74) is 3.15. The lowest BCUT2D eigenvalue weighted by atomic mass is 9.98. The minimum absolute atomic E-state index is 0.177.